The van der Waals surface area contributed by atoms with E-state index in [-0.39, 0.29) is 6.61 Å². The fourth-order valence-corrected chi connectivity index (χ4v) is 1.65. The molecule has 1 rings (SSSR count). The fraction of sp³-hybridized carbons (Fsp3) is 0.400. The second-order valence-corrected chi connectivity index (χ2v) is 3.37. The third kappa shape index (κ3) is 1.79. The molecule has 0 saturated heterocycles. The normalized spacial score (nSPS) is 10.2. The molecule has 0 unspecified atom stereocenters. The molecule has 0 heterocycles. The molecule has 13 heavy (non-hydrogen) atoms. The Labute approximate surface area is 83.1 Å². The van der Waals surface area contributed by atoms with Crippen LogP contribution in [0.2, 0.25) is 5.02 Å². The average molecular weight is 201 g/mol. The van der Waals surface area contributed by atoms with Crippen LogP contribution in [0.5, 0.6) is 5.75 Å². The maximum absolute atomic E-state index is 9.11. The number of aryl methyl sites for hydroxylation is 2. The first-order chi connectivity index (χ1) is 6.11. The number of methoxy groups -OCH3 is 1. The van der Waals surface area contributed by atoms with Gasteiger partial charge in [-0.15, -0.1) is 0 Å². The Morgan fingerprint density at radius 3 is 2.46 bits per heavy atom. The molecule has 1 aromatic rings. The predicted molar refractivity (Wildman–Crippen MR) is 53.4 cm³/mol. The molecular formula is C10H13ClO2. The van der Waals surface area contributed by atoms with E-state index in [2.05, 4.69) is 0 Å². The van der Waals surface area contributed by atoms with Crippen LogP contribution in [0.4, 0.5) is 0 Å². The molecule has 0 aliphatic carbocycles. The van der Waals surface area contributed by atoms with Crippen molar-refractivity contribution in [3.63, 3.8) is 0 Å². The number of aliphatic hydroxyl groups excluding tert-OH is 1. The van der Waals surface area contributed by atoms with Crippen LogP contribution in [-0.2, 0) is 6.61 Å². The minimum absolute atomic E-state index is 0.0927. The summed E-state index contributed by atoms with van der Waals surface area (Å²) in [5, 5.41) is 9.70. The molecule has 0 fully saturated rings. The molecular weight excluding hydrogens is 188 g/mol. The van der Waals surface area contributed by atoms with Gasteiger partial charge in [0, 0.05) is 5.56 Å². The van der Waals surface area contributed by atoms with Gasteiger partial charge in [-0.05, 0) is 25.0 Å². The molecule has 0 saturated carbocycles. The number of benzene rings is 1. The van der Waals surface area contributed by atoms with Gasteiger partial charge in [-0.25, -0.2) is 0 Å². The molecule has 1 N–H and O–H groups in total. The lowest BCUT2D eigenvalue weighted by atomic mass is 10.1. The van der Waals surface area contributed by atoms with E-state index in [1.807, 2.05) is 19.9 Å². The Morgan fingerprint density at radius 1 is 1.38 bits per heavy atom. The monoisotopic (exact) mass is 200 g/mol. The molecule has 0 radical (unpaired) electrons. The summed E-state index contributed by atoms with van der Waals surface area (Å²) in [5.74, 6) is 0.679. The van der Waals surface area contributed by atoms with Gasteiger partial charge in [-0.2, -0.15) is 0 Å². The van der Waals surface area contributed by atoms with Gasteiger partial charge in [-0.1, -0.05) is 17.7 Å². The molecule has 1 aromatic carbocycles. The van der Waals surface area contributed by atoms with Crippen LogP contribution in [0.1, 0.15) is 16.7 Å². The number of aliphatic hydroxyl groups is 1. The highest BCUT2D eigenvalue weighted by Crippen LogP contribution is 2.32. The molecule has 0 spiro atoms. The smallest absolute Gasteiger partial charge is 0.128 e. The highest BCUT2D eigenvalue weighted by atomic mass is 35.5. The molecule has 72 valence electrons. The number of halogens is 1. The molecule has 0 aliphatic rings. The Kier molecular flexibility index (Phi) is 3.17. The topological polar surface area (TPSA) is 29.5 Å². The summed E-state index contributed by atoms with van der Waals surface area (Å²) in [6.07, 6.45) is 0. The largest absolute Gasteiger partial charge is 0.496 e. The lowest BCUT2D eigenvalue weighted by Crippen LogP contribution is -1.97. The van der Waals surface area contributed by atoms with Crippen molar-refractivity contribution in [2.45, 2.75) is 20.5 Å². The molecule has 3 heteroatoms. The number of hydrogen-bond acceptors (Lipinski definition) is 2. The van der Waals surface area contributed by atoms with E-state index >= 15 is 0 Å². The first kappa shape index (κ1) is 10.4. The van der Waals surface area contributed by atoms with Gasteiger partial charge in [0.2, 0.25) is 0 Å². The van der Waals surface area contributed by atoms with Crippen LogP contribution in [0, 0.1) is 13.8 Å². The van der Waals surface area contributed by atoms with Gasteiger partial charge in [-0.3, -0.25) is 0 Å². The summed E-state index contributed by atoms with van der Waals surface area (Å²) in [4.78, 5) is 0. The molecule has 0 bridgehead atoms. The minimum atomic E-state index is -0.0927. The summed E-state index contributed by atoms with van der Waals surface area (Å²) in [5.41, 5.74) is 2.62. The van der Waals surface area contributed by atoms with Gasteiger partial charge in [0.1, 0.15) is 5.75 Å². The highest BCUT2D eigenvalue weighted by Gasteiger charge is 2.12. The summed E-state index contributed by atoms with van der Waals surface area (Å²) >= 11 is 6.01. The molecule has 0 atom stereocenters. The van der Waals surface area contributed by atoms with Crippen molar-refractivity contribution in [3.05, 3.63) is 27.8 Å². The van der Waals surface area contributed by atoms with Crippen LogP contribution in [-0.4, -0.2) is 12.2 Å². The van der Waals surface area contributed by atoms with E-state index in [0.717, 1.165) is 11.1 Å². The lowest BCUT2D eigenvalue weighted by Gasteiger charge is -2.13. The first-order valence-electron chi connectivity index (χ1n) is 4.05. The van der Waals surface area contributed by atoms with Crippen molar-refractivity contribution < 1.29 is 9.84 Å². The number of rotatable bonds is 2. The van der Waals surface area contributed by atoms with E-state index in [4.69, 9.17) is 21.4 Å². The van der Waals surface area contributed by atoms with Crippen molar-refractivity contribution in [3.8, 4) is 5.75 Å². The van der Waals surface area contributed by atoms with Crippen LogP contribution < -0.4 is 4.74 Å². The van der Waals surface area contributed by atoms with Crippen molar-refractivity contribution in [1.29, 1.82) is 0 Å². The molecule has 0 aliphatic heterocycles. The SMILES string of the molecule is COc1c(C)cc(C)c(Cl)c1CO. The molecule has 0 aromatic heterocycles. The quantitative estimate of drug-likeness (QED) is 0.795. The summed E-state index contributed by atoms with van der Waals surface area (Å²) in [7, 11) is 1.58. The van der Waals surface area contributed by atoms with Gasteiger partial charge in [0.15, 0.2) is 0 Å². The Morgan fingerprint density at radius 2 is 2.00 bits per heavy atom. The summed E-state index contributed by atoms with van der Waals surface area (Å²) in [6.45, 7) is 3.75. The Hall–Kier alpha value is -0.730. The molecule has 0 amide bonds. The van der Waals surface area contributed by atoms with Crippen molar-refractivity contribution >= 4 is 11.6 Å². The van der Waals surface area contributed by atoms with Crippen LogP contribution in [0.3, 0.4) is 0 Å². The van der Waals surface area contributed by atoms with Gasteiger partial charge >= 0.3 is 0 Å². The second kappa shape index (κ2) is 3.99. The zero-order valence-electron chi connectivity index (χ0n) is 8.02. The van der Waals surface area contributed by atoms with E-state index in [1.165, 1.54) is 0 Å². The maximum Gasteiger partial charge on any atom is 0.128 e. The van der Waals surface area contributed by atoms with E-state index in [1.54, 1.807) is 7.11 Å². The zero-order chi connectivity index (χ0) is 10.0. The zero-order valence-corrected chi connectivity index (χ0v) is 8.77. The molecule has 2 nitrogen and oxygen atoms in total. The van der Waals surface area contributed by atoms with E-state index in [0.29, 0.717) is 16.3 Å². The van der Waals surface area contributed by atoms with E-state index in [9.17, 15) is 0 Å². The highest BCUT2D eigenvalue weighted by molar-refractivity contribution is 6.32. The summed E-state index contributed by atoms with van der Waals surface area (Å²) < 4.78 is 5.16. The standard InChI is InChI=1S/C10H13ClO2/c1-6-4-7(2)10(13-3)8(5-12)9(6)11/h4,12H,5H2,1-3H3. The third-order valence-electron chi connectivity index (χ3n) is 2.04. The van der Waals surface area contributed by atoms with Gasteiger partial charge < -0.3 is 9.84 Å². The third-order valence-corrected chi connectivity index (χ3v) is 2.56. The fourth-order valence-electron chi connectivity index (χ4n) is 1.45. The first-order valence-corrected chi connectivity index (χ1v) is 4.43. The van der Waals surface area contributed by atoms with Crippen molar-refractivity contribution in [2.75, 3.05) is 7.11 Å². The number of hydrogen-bond donors (Lipinski definition) is 1. The van der Waals surface area contributed by atoms with Gasteiger partial charge in [0.05, 0.1) is 18.7 Å². The predicted octanol–water partition coefficient (Wildman–Crippen LogP) is 2.46. The van der Waals surface area contributed by atoms with Crippen molar-refractivity contribution in [1.82, 2.24) is 0 Å². The van der Waals surface area contributed by atoms with Gasteiger partial charge in [0.25, 0.3) is 0 Å². The van der Waals surface area contributed by atoms with Crippen LogP contribution in [0.25, 0.3) is 0 Å². The Bertz CT molecular complexity index is 321. The Balaban J connectivity index is 3.41. The van der Waals surface area contributed by atoms with E-state index < -0.39 is 0 Å². The maximum atomic E-state index is 9.11. The van der Waals surface area contributed by atoms with Crippen LogP contribution >= 0.6 is 11.6 Å². The summed E-state index contributed by atoms with van der Waals surface area (Å²) in [6, 6.07) is 1.94. The van der Waals surface area contributed by atoms with Crippen molar-refractivity contribution in [2.24, 2.45) is 0 Å². The minimum Gasteiger partial charge on any atom is -0.496 e. The average Bonchev–Trinajstić information content (AvgIpc) is 2.10. The second-order valence-electron chi connectivity index (χ2n) is 2.99. The lowest BCUT2D eigenvalue weighted by molar-refractivity contribution is 0.273. The number of ether oxygens (including phenoxy) is 1. The van der Waals surface area contributed by atoms with Crippen LogP contribution in [0.15, 0.2) is 6.07 Å².